The summed E-state index contributed by atoms with van der Waals surface area (Å²) >= 11 is 0. The van der Waals surface area contributed by atoms with Crippen LogP contribution in [-0.2, 0) is 14.2 Å². The number of rotatable bonds is 10. The van der Waals surface area contributed by atoms with Crippen molar-refractivity contribution in [1.82, 2.24) is 5.32 Å². The highest BCUT2D eigenvalue weighted by atomic mass is 16.6. The van der Waals surface area contributed by atoms with Crippen molar-refractivity contribution < 1.29 is 19.0 Å². The molecular formula is C17H28N2O4. The molecule has 0 aromatic heterocycles. The molecule has 0 aromatic carbocycles. The maximum Gasteiger partial charge on any atom is 0.407 e. The molecule has 23 heavy (non-hydrogen) atoms. The fourth-order valence-corrected chi connectivity index (χ4v) is 3.14. The molecule has 1 saturated carbocycles. The zero-order chi connectivity index (χ0) is 16.3. The molecule has 0 unspecified atom stereocenters. The summed E-state index contributed by atoms with van der Waals surface area (Å²) in [5, 5.41) is 2.70. The van der Waals surface area contributed by atoms with Gasteiger partial charge in [0.15, 0.2) is 0 Å². The molecule has 0 heterocycles. The SMILES string of the molecule is NCCOCCOCCNC(=O)OC[C@H]1[C@@H]2CCC#CCC[C@@H]21. The Morgan fingerprint density at radius 2 is 1.70 bits per heavy atom. The molecule has 1 amide bonds. The topological polar surface area (TPSA) is 82.8 Å². The van der Waals surface area contributed by atoms with Crippen molar-refractivity contribution in [3.8, 4) is 11.8 Å². The lowest BCUT2D eigenvalue weighted by molar-refractivity contribution is 0.0511. The number of fused-ring (bicyclic) bond motifs is 1. The van der Waals surface area contributed by atoms with Gasteiger partial charge in [0.2, 0.25) is 0 Å². The van der Waals surface area contributed by atoms with Gasteiger partial charge in [0.25, 0.3) is 0 Å². The smallest absolute Gasteiger partial charge is 0.407 e. The van der Waals surface area contributed by atoms with Crippen LogP contribution in [0.4, 0.5) is 4.79 Å². The van der Waals surface area contributed by atoms with Crippen molar-refractivity contribution in [1.29, 1.82) is 0 Å². The zero-order valence-electron chi connectivity index (χ0n) is 13.7. The first-order chi connectivity index (χ1) is 11.3. The first kappa shape index (κ1) is 18.1. The first-order valence-electron chi connectivity index (χ1n) is 8.55. The number of hydrogen-bond donors (Lipinski definition) is 2. The van der Waals surface area contributed by atoms with E-state index in [4.69, 9.17) is 19.9 Å². The number of nitrogens with one attached hydrogen (secondary N) is 1. The summed E-state index contributed by atoms with van der Waals surface area (Å²) in [6.07, 6.45) is 3.90. The molecule has 6 heteroatoms. The van der Waals surface area contributed by atoms with E-state index < -0.39 is 0 Å². The van der Waals surface area contributed by atoms with Gasteiger partial charge in [-0.3, -0.25) is 0 Å². The van der Waals surface area contributed by atoms with Gasteiger partial charge in [-0.05, 0) is 30.6 Å². The molecule has 2 aliphatic rings. The molecule has 6 nitrogen and oxygen atoms in total. The summed E-state index contributed by atoms with van der Waals surface area (Å²) in [4.78, 5) is 11.6. The number of nitrogens with two attached hydrogens (primary N) is 1. The van der Waals surface area contributed by atoms with Crippen molar-refractivity contribution in [2.45, 2.75) is 25.7 Å². The quantitative estimate of drug-likeness (QED) is 0.465. The highest BCUT2D eigenvalue weighted by molar-refractivity contribution is 5.67. The molecule has 2 rings (SSSR count). The minimum Gasteiger partial charge on any atom is -0.449 e. The van der Waals surface area contributed by atoms with Crippen molar-refractivity contribution in [2.75, 3.05) is 46.1 Å². The van der Waals surface area contributed by atoms with Crippen LogP contribution < -0.4 is 11.1 Å². The van der Waals surface area contributed by atoms with E-state index in [1.807, 2.05) is 0 Å². The van der Waals surface area contributed by atoms with Gasteiger partial charge >= 0.3 is 6.09 Å². The van der Waals surface area contributed by atoms with E-state index in [2.05, 4.69) is 17.2 Å². The van der Waals surface area contributed by atoms with E-state index in [9.17, 15) is 4.79 Å². The van der Waals surface area contributed by atoms with Crippen LogP contribution in [0, 0.1) is 29.6 Å². The summed E-state index contributed by atoms with van der Waals surface area (Å²) in [6, 6.07) is 0. The van der Waals surface area contributed by atoms with Crippen LogP contribution in [0.15, 0.2) is 0 Å². The van der Waals surface area contributed by atoms with E-state index in [1.54, 1.807) is 0 Å². The molecule has 1 fully saturated rings. The largest absolute Gasteiger partial charge is 0.449 e. The minimum atomic E-state index is -0.358. The van der Waals surface area contributed by atoms with Gasteiger partial charge in [-0.1, -0.05) is 0 Å². The molecule has 2 aliphatic carbocycles. The average Bonchev–Trinajstić information content (AvgIpc) is 3.17. The Morgan fingerprint density at radius 3 is 2.35 bits per heavy atom. The van der Waals surface area contributed by atoms with E-state index in [-0.39, 0.29) is 6.09 Å². The number of ether oxygens (including phenoxy) is 3. The van der Waals surface area contributed by atoms with Crippen molar-refractivity contribution in [3.63, 3.8) is 0 Å². The molecule has 0 radical (unpaired) electrons. The zero-order valence-corrected chi connectivity index (χ0v) is 13.7. The molecule has 0 saturated heterocycles. The lowest BCUT2D eigenvalue weighted by Gasteiger charge is -2.08. The van der Waals surface area contributed by atoms with Crippen molar-refractivity contribution >= 4 is 6.09 Å². The summed E-state index contributed by atoms with van der Waals surface area (Å²) < 4.78 is 15.8. The number of alkyl carbamates (subject to hydrolysis) is 1. The Labute approximate surface area is 138 Å². The van der Waals surface area contributed by atoms with Crippen molar-refractivity contribution in [2.24, 2.45) is 23.5 Å². The molecule has 0 aliphatic heterocycles. The Balaban J connectivity index is 1.44. The van der Waals surface area contributed by atoms with Gasteiger partial charge in [0.1, 0.15) is 0 Å². The maximum absolute atomic E-state index is 11.6. The van der Waals surface area contributed by atoms with Crippen LogP contribution in [0.1, 0.15) is 25.7 Å². The van der Waals surface area contributed by atoms with Crippen LogP contribution in [-0.4, -0.2) is 52.2 Å². The standard InChI is InChI=1S/C17H28N2O4/c18-7-9-21-11-12-22-10-8-19-17(20)23-13-16-14-5-3-1-2-4-6-15(14)16/h14-16H,3-13,18H2,(H,19,20)/t14-,15+,16+. The number of carbonyl (C=O) groups is 1. The molecular weight excluding hydrogens is 296 g/mol. The third-order valence-electron chi connectivity index (χ3n) is 4.40. The van der Waals surface area contributed by atoms with Gasteiger partial charge < -0.3 is 25.3 Å². The van der Waals surface area contributed by atoms with Crippen LogP contribution >= 0.6 is 0 Å². The highest BCUT2D eigenvalue weighted by Crippen LogP contribution is 2.52. The lowest BCUT2D eigenvalue weighted by Crippen LogP contribution is -2.29. The summed E-state index contributed by atoms with van der Waals surface area (Å²) in [5.74, 6) is 8.31. The van der Waals surface area contributed by atoms with Gasteiger partial charge in [0, 0.05) is 25.9 Å². The second kappa shape index (κ2) is 10.5. The fourth-order valence-electron chi connectivity index (χ4n) is 3.14. The third-order valence-corrected chi connectivity index (χ3v) is 4.40. The number of amides is 1. The Kier molecular flexibility index (Phi) is 8.23. The lowest BCUT2D eigenvalue weighted by atomic mass is 10.1. The molecule has 130 valence electrons. The highest BCUT2D eigenvalue weighted by Gasteiger charge is 2.49. The third kappa shape index (κ3) is 6.78. The Hall–Kier alpha value is -1.29. The second-order valence-corrected chi connectivity index (χ2v) is 5.96. The monoisotopic (exact) mass is 324 g/mol. The van der Waals surface area contributed by atoms with Crippen LogP contribution in [0.2, 0.25) is 0 Å². The number of carbonyl (C=O) groups excluding carboxylic acids is 1. The molecule has 0 aromatic rings. The minimum absolute atomic E-state index is 0.358. The van der Waals surface area contributed by atoms with E-state index in [1.165, 1.54) is 0 Å². The van der Waals surface area contributed by atoms with Gasteiger partial charge in [-0.2, -0.15) is 0 Å². The molecule has 0 bridgehead atoms. The van der Waals surface area contributed by atoms with Crippen LogP contribution in [0.25, 0.3) is 0 Å². The van der Waals surface area contributed by atoms with Crippen LogP contribution in [0.5, 0.6) is 0 Å². The Bertz CT molecular complexity index is 401. The van der Waals surface area contributed by atoms with E-state index in [0.29, 0.717) is 63.9 Å². The van der Waals surface area contributed by atoms with Gasteiger partial charge in [-0.25, -0.2) is 4.79 Å². The predicted octanol–water partition coefficient (Wildman–Crippen LogP) is 1.14. The maximum atomic E-state index is 11.6. The molecule has 3 N–H and O–H groups in total. The number of hydrogen-bond acceptors (Lipinski definition) is 5. The first-order valence-corrected chi connectivity index (χ1v) is 8.55. The normalized spacial score (nSPS) is 25.3. The summed E-state index contributed by atoms with van der Waals surface area (Å²) in [6.45, 7) is 3.51. The second-order valence-electron chi connectivity index (χ2n) is 5.96. The van der Waals surface area contributed by atoms with Gasteiger partial charge in [-0.15, -0.1) is 11.8 Å². The average molecular weight is 324 g/mol. The Morgan fingerprint density at radius 1 is 1.04 bits per heavy atom. The summed E-state index contributed by atoms with van der Waals surface area (Å²) in [5.41, 5.74) is 5.30. The van der Waals surface area contributed by atoms with E-state index >= 15 is 0 Å². The van der Waals surface area contributed by atoms with Gasteiger partial charge in [0.05, 0.1) is 33.0 Å². The molecule has 3 atom stereocenters. The van der Waals surface area contributed by atoms with Crippen LogP contribution in [0.3, 0.4) is 0 Å². The summed E-state index contributed by atoms with van der Waals surface area (Å²) in [7, 11) is 0. The van der Waals surface area contributed by atoms with E-state index in [0.717, 1.165) is 25.7 Å². The predicted molar refractivity (Wildman–Crippen MR) is 86.8 cm³/mol. The molecule has 0 spiro atoms. The van der Waals surface area contributed by atoms with Crippen molar-refractivity contribution in [3.05, 3.63) is 0 Å². The fraction of sp³-hybridized carbons (Fsp3) is 0.824.